The predicted octanol–water partition coefficient (Wildman–Crippen LogP) is 0.809. The molecule has 64 valence electrons. The van der Waals surface area contributed by atoms with Crippen LogP contribution < -0.4 is 10.5 Å². The Bertz CT molecular complexity index is 288. The van der Waals surface area contributed by atoms with Gasteiger partial charge in [0.1, 0.15) is 0 Å². The van der Waals surface area contributed by atoms with Crippen LogP contribution in [0.3, 0.4) is 0 Å². The summed E-state index contributed by atoms with van der Waals surface area (Å²) in [5.74, 6) is 0.354. The molecular weight excluding hydrogens is 160 g/mol. The molecule has 0 aliphatic heterocycles. The largest absolute Gasteiger partial charge is 0.513 e. The maximum atomic E-state index is 10.6. The lowest BCUT2D eigenvalue weighted by atomic mass is 10.4. The Hall–Kier alpha value is -1.78. The fourth-order valence-corrected chi connectivity index (χ4v) is 0.621. The molecule has 5 nitrogen and oxygen atoms in total. The Balaban J connectivity index is 2.75. The fraction of sp³-hybridized carbons (Fsp3) is 0.143. The van der Waals surface area contributed by atoms with Crippen LogP contribution in [-0.4, -0.2) is 18.2 Å². The number of ether oxygens (including phenoxy) is 2. The van der Waals surface area contributed by atoms with Crippen molar-refractivity contribution in [3.8, 4) is 5.75 Å². The Morgan fingerprint density at radius 2 is 2.42 bits per heavy atom. The highest BCUT2D eigenvalue weighted by Gasteiger charge is 2.06. The van der Waals surface area contributed by atoms with E-state index in [0.717, 1.165) is 0 Å². The standard InChI is InChI=1S/C7H8N2O3/c1-11-7(10)12-5-3-2-4-9-6(5)8/h2-4H,1H3,(H2,8,9). The zero-order valence-corrected chi connectivity index (χ0v) is 6.48. The highest BCUT2D eigenvalue weighted by Crippen LogP contribution is 2.16. The summed E-state index contributed by atoms with van der Waals surface area (Å²) in [4.78, 5) is 14.3. The number of pyridine rings is 1. The van der Waals surface area contributed by atoms with Crippen molar-refractivity contribution in [3.63, 3.8) is 0 Å². The van der Waals surface area contributed by atoms with Crippen LogP contribution in [0.15, 0.2) is 18.3 Å². The molecule has 0 aliphatic carbocycles. The molecule has 0 aliphatic rings. The van der Waals surface area contributed by atoms with Crippen molar-refractivity contribution in [2.45, 2.75) is 0 Å². The number of carbonyl (C=O) groups is 1. The second-order valence-corrected chi connectivity index (χ2v) is 1.94. The van der Waals surface area contributed by atoms with Crippen LogP contribution in [0.2, 0.25) is 0 Å². The first kappa shape index (κ1) is 8.32. The van der Waals surface area contributed by atoms with Crippen LogP contribution in [0, 0.1) is 0 Å². The molecule has 1 aromatic heterocycles. The molecule has 5 heteroatoms. The van der Waals surface area contributed by atoms with Gasteiger partial charge in [-0.25, -0.2) is 9.78 Å². The van der Waals surface area contributed by atoms with E-state index in [1.807, 2.05) is 0 Å². The molecule has 0 atom stereocenters. The molecule has 2 N–H and O–H groups in total. The number of rotatable bonds is 1. The number of anilines is 1. The summed E-state index contributed by atoms with van der Waals surface area (Å²) in [6.45, 7) is 0. The van der Waals surface area contributed by atoms with E-state index in [-0.39, 0.29) is 11.6 Å². The van der Waals surface area contributed by atoms with E-state index in [0.29, 0.717) is 0 Å². The number of aromatic nitrogens is 1. The fourth-order valence-electron chi connectivity index (χ4n) is 0.621. The molecule has 1 heterocycles. The minimum atomic E-state index is -0.810. The van der Waals surface area contributed by atoms with Crippen molar-refractivity contribution in [2.75, 3.05) is 12.8 Å². The molecule has 0 unspecified atom stereocenters. The van der Waals surface area contributed by atoms with Crippen molar-refractivity contribution < 1.29 is 14.3 Å². The molecule has 1 aromatic rings. The highest BCUT2D eigenvalue weighted by molar-refractivity contribution is 5.66. The third kappa shape index (κ3) is 1.85. The summed E-state index contributed by atoms with van der Waals surface area (Å²) in [5, 5.41) is 0. The average Bonchev–Trinajstić information content (AvgIpc) is 2.09. The lowest BCUT2D eigenvalue weighted by Crippen LogP contribution is -2.09. The van der Waals surface area contributed by atoms with Gasteiger partial charge in [-0.05, 0) is 12.1 Å². The maximum Gasteiger partial charge on any atom is 0.513 e. The Labute approximate surface area is 69.1 Å². The number of nitrogens with two attached hydrogens (primary N) is 1. The molecule has 0 aromatic carbocycles. The normalized spacial score (nSPS) is 9.08. The summed E-state index contributed by atoms with van der Waals surface area (Å²) < 4.78 is 8.91. The number of methoxy groups -OCH3 is 1. The van der Waals surface area contributed by atoms with Crippen LogP contribution in [0.1, 0.15) is 0 Å². The molecule has 0 spiro atoms. The number of hydrogen-bond donors (Lipinski definition) is 1. The Morgan fingerprint density at radius 3 is 3.00 bits per heavy atom. The van der Waals surface area contributed by atoms with E-state index in [2.05, 4.69) is 14.5 Å². The second-order valence-electron chi connectivity index (χ2n) is 1.94. The van der Waals surface area contributed by atoms with Gasteiger partial charge in [-0.2, -0.15) is 0 Å². The molecule has 0 bridgehead atoms. The third-order valence-electron chi connectivity index (χ3n) is 1.16. The second kappa shape index (κ2) is 3.56. The smallest absolute Gasteiger partial charge is 0.437 e. The van der Waals surface area contributed by atoms with E-state index in [4.69, 9.17) is 5.73 Å². The van der Waals surface area contributed by atoms with Gasteiger partial charge in [0.2, 0.25) is 0 Å². The zero-order chi connectivity index (χ0) is 8.97. The topological polar surface area (TPSA) is 74.4 Å². The summed E-state index contributed by atoms with van der Waals surface area (Å²) in [5.41, 5.74) is 5.38. The van der Waals surface area contributed by atoms with Gasteiger partial charge in [-0.15, -0.1) is 0 Å². The van der Waals surface area contributed by atoms with Crippen LogP contribution in [0.5, 0.6) is 5.75 Å². The van der Waals surface area contributed by atoms with Gasteiger partial charge in [0.15, 0.2) is 11.6 Å². The van der Waals surface area contributed by atoms with Gasteiger partial charge >= 0.3 is 6.16 Å². The van der Waals surface area contributed by atoms with Crippen molar-refractivity contribution in [1.29, 1.82) is 0 Å². The molecule has 0 saturated carbocycles. The summed E-state index contributed by atoms with van der Waals surface area (Å²) in [6.07, 6.45) is 0.689. The van der Waals surface area contributed by atoms with Gasteiger partial charge in [-0.3, -0.25) is 0 Å². The summed E-state index contributed by atoms with van der Waals surface area (Å²) in [7, 11) is 1.22. The van der Waals surface area contributed by atoms with Gasteiger partial charge < -0.3 is 15.2 Å². The lowest BCUT2D eigenvalue weighted by molar-refractivity contribution is 0.121. The first-order chi connectivity index (χ1) is 5.74. The molecule has 0 saturated heterocycles. The first-order valence-corrected chi connectivity index (χ1v) is 3.20. The molecule has 12 heavy (non-hydrogen) atoms. The summed E-state index contributed by atoms with van der Waals surface area (Å²) in [6, 6.07) is 3.13. The Morgan fingerprint density at radius 1 is 1.67 bits per heavy atom. The molecule has 0 amide bonds. The SMILES string of the molecule is COC(=O)Oc1cccnc1N. The molecule has 0 fully saturated rings. The Kier molecular flexibility index (Phi) is 2.47. The van der Waals surface area contributed by atoms with Crippen molar-refractivity contribution >= 4 is 12.0 Å². The lowest BCUT2D eigenvalue weighted by Gasteiger charge is -2.02. The quantitative estimate of drug-likeness (QED) is 0.628. The highest BCUT2D eigenvalue weighted by atomic mass is 16.7. The average molecular weight is 168 g/mol. The minimum Gasteiger partial charge on any atom is -0.437 e. The van der Waals surface area contributed by atoms with Crippen molar-refractivity contribution in [1.82, 2.24) is 4.98 Å². The molecule has 0 radical (unpaired) electrons. The van der Waals surface area contributed by atoms with Crippen LogP contribution in [0.4, 0.5) is 10.6 Å². The van der Waals surface area contributed by atoms with Crippen LogP contribution >= 0.6 is 0 Å². The van der Waals surface area contributed by atoms with E-state index in [1.54, 1.807) is 6.07 Å². The van der Waals surface area contributed by atoms with E-state index in [1.165, 1.54) is 19.4 Å². The van der Waals surface area contributed by atoms with Crippen molar-refractivity contribution in [3.05, 3.63) is 18.3 Å². The minimum absolute atomic E-state index is 0.155. The van der Waals surface area contributed by atoms with Crippen LogP contribution in [0.25, 0.3) is 0 Å². The predicted molar refractivity (Wildman–Crippen MR) is 41.7 cm³/mol. The zero-order valence-electron chi connectivity index (χ0n) is 6.48. The van der Waals surface area contributed by atoms with E-state index >= 15 is 0 Å². The van der Waals surface area contributed by atoms with E-state index in [9.17, 15) is 4.79 Å². The van der Waals surface area contributed by atoms with Gasteiger partial charge in [0.25, 0.3) is 0 Å². The van der Waals surface area contributed by atoms with Gasteiger partial charge in [-0.1, -0.05) is 0 Å². The molecule has 1 rings (SSSR count). The molecular formula is C7H8N2O3. The maximum absolute atomic E-state index is 10.6. The summed E-state index contributed by atoms with van der Waals surface area (Å²) >= 11 is 0. The third-order valence-corrected chi connectivity index (χ3v) is 1.16. The van der Waals surface area contributed by atoms with Crippen molar-refractivity contribution in [2.24, 2.45) is 0 Å². The first-order valence-electron chi connectivity index (χ1n) is 3.20. The number of hydrogen-bond acceptors (Lipinski definition) is 5. The van der Waals surface area contributed by atoms with E-state index < -0.39 is 6.16 Å². The number of nitrogen functional groups attached to an aromatic ring is 1. The van der Waals surface area contributed by atoms with Crippen LogP contribution in [-0.2, 0) is 4.74 Å². The monoisotopic (exact) mass is 168 g/mol. The van der Waals surface area contributed by atoms with Gasteiger partial charge in [0.05, 0.1) is 7.11 Å². The number of carbonyl (C=O) groups excluding carboxylic acids is 1. The van der Waals surface area contributed by atoms with Gasteiger partial charge in [0, 0.05) is 6.20 Å². The number of nitrogens with zero attached hydrogens (tertiary/aromatic N) is 1.